The van der Waals surface area contributed by atoms with E-state index in [1.54, 1.807) is 12.1 Å². The van der Waals surface area contributed by atoms with Crippen LogP contribution in [0, 0.1) is 0 Å². The maximum Gasteiger partial charge on any atom is 0.134 e. The van der Waals surface area contributed by atoms with E-state index in [2.05, 4.69) is 15.9 Å². The number of phenols is 1. The Morgan fingerprint density at radius 2 is 2.00 bits per heavy atom. The molecule has 20 heavy (non-hydrogen) atoms. The normalized spacial score (nSPS) is 21.1. The molecule has 2 atom stereocenters. The molecule has 1 heterocycles. The highest BCUT2D eigenvalue weighted by atomic mass is 79.9. The Labute approximate surface area is 129 Å². The summed E-state index contributed by atoms with van der Waals surface area (Å²) in [7, 11) is 0. The molecule has 1 aliphatic rings. The number of aromatic hydroxyl groups is 1. The molecular weight excluding hydrogens is 344 g/mol. The van der Waals surface area contributed by atoms with Crippen molar-refractivity contribution in [3.05, 3.63) is 57.0 Å². The molecule has 0 aromatic heterocycles. The number of fused-ring (bicyclic) bond motifs is 1. The minimum absolute atomic E-state index is 0.0381. The fourth-order valence-electron chi connectivity index (χ4n) is 2.35. The molecular formula is C15H12BrClO3. The van der Waals surface area contributed by atoms with Crippen molar-refractivity contribution >= 4 is 27.5 Å². The lowest BCUT2D eigenvalue weighted by Crippen LogP contribution is -2.19. The van der Waals surface area contributed by atoms with Gasteiger partial charge in [-0.1, -0.05) is 33.6 Å². The fraction of sp³-hybridized carbons (Fsp3) is 0.200. The maximum absolute atomic E-state index is 10.3. The van der Waals surface area contributed by atoms with Gasteiger partial charge in [0.25, 0.3) is 0 Å². The molecule has 2 N–H and O–H groups in total. The lowest BCUT2D eigenvalue weighted by Gasteiger charge is -2.30. The first-order chi connectivity index (χ1) is 9.54. The summed E-state index contributed by atoms with van der Waals surface area (Å²) in [6.45, 7) is 0. The number of ether oxygens (including phenoxy) is 1. The minimum Gasteiger partial charge on any atom is -0.506 e. The van der Waals surface area contributed by atoms with E-state index in [-0.39, 0.29) is 16.9 Å². The Hall–Kier alpha value is -1.23. The Kier molecular flexibility index (Phi) is 3.63. The van der Waals surface area contributed by atoms with Crippen LogP contribution in [0.1, 0.15) is 29.8 Å². The van der Waals surface area contributed by atoms with Crippen LogP contribution in [0.2, 0.25) is 5.02 Å². The van der Waals surface area contributed by atoms with Gasteiger partial charge in [-0.3, -0.25) is 0 Å². The molecule has 104 valence electrons. The topological polar surface area (TPSA) is 49.7 Å². The minimum atomic E-state index is -0.589. The molecule has 2 aromatic carbocycles. The zero-order valence-corrected chi connectivity index (χ0v) is 12.7. The highest BCUT2D eigenvalue weighted by Crippen LogP contribution is 2.42. The van der Waals surface area contributed by atoms with Crippen LogP contribution in [0.25, 0.3) is 0 Å². The number of rotatable bonds is 1. The maximum atomic E-state index is 10.3. The van der Waals surface area contributed by atoms with Crippen molar-refractivity contribution in [2.75, 3.05) is 0 Å². The molecule has 0 aliphatic carbocycles. The number of phenolic OH excluding ortho intramolecular Hbond substituents is 1. The van der Waals surface area contributed by atoms with Gasteiger partial charge >= 0.3 is 0 Å². The predicted octanol–water partition coefficient (Wildman–Crippen LogP) is 4.37. The summed E-state index contributed by atoms with van der Waals surface area (Å²) in [4.78, 5) is 0. The average Bonchev–Trinajstić information content (AvgIpc) is 2.42. The summed E-state index contributed by atoms with van der Waals surface area (Å²) in [5.41, 5.74) is 1.61. The first-order valence-electron chi connectivity index (χ1n) is 6.17. The number of aliphatic hydroxyl groups excluding tert-OH is 1. The largest absolute Gasteiger partial charge is 0.506 e. The summed E-state index contributed by atoms with van der Waals surface area (Å²) in [5, 5.41) is 20.0. The molecule has 1 aliphatic heterocycles. The third kappa shape index (κ3) is 2.51. The molecule has 3 rings (SSSR count). The predicted molar refractivity (Wildman–Crippen MR) is 80.2 cm³/mol. The quantitative estimate of drug-likeness (QED) is 0.799. The SMILES string of the molecule is Oc1ccc(C2C[C@@H](O)c3cc(Br)ccc3O2)cc1Cl. The zero-order chi connectivity index (χ0) is 14.3. The van der Waals surface area contributed by atoms with Crippen molar-refractivity contribution in [1.82, 2.24) is 0 Å². The van der Waals surface area contributed by atoms with Gasteiger partial charge in [0, 0.05) is 16.5 Å². The second-order valence-electron chi connectivity index (χ2n) is 4.75. The molecule has 0 fully saturated rings. The number of aliphatic hydroxyl groups is 1. The molecule has 0 bridgehead atoms. The van der Waals surface area contributed by atoms with Crippen LogP contribution in [0.4, 0.5) is 0 Å². The smallest absolute Gasteiger partial charge is 0.134 e. The van der Waals surface area contributed by atoms with E-state index in [4.69, 9.17) is 16.3 Å². The third-order valence-electron chi connectivity index (χ3n) is 3.38. The summed E-state index contributed by atoms with van der Waals surface area (Å²) in [5.74, 6) is 0.706. The third-order valence-corrected chi connectivity index (χ3v) is 4.18. The molecule has 0 saturated heterocycles. The summed E-state index contributed by atoms with van der Waals surface area (Å²) in [6, 6.07) is 10.5. The number of halogens is 2. The van der Waals surface area contributed by atoms with E-state index in [1.165, 1.54) is 6.07 Å². The second kappa shape index (κ2) is 5.28. The zero-order valence-electron chi connectivity index (χ0n) is 10.4. The van der Waals surface area contributed by atoms with Gasteiger partial charge in [0.2, 0.25) is 0 Å². The second-order valence-corrected chi connectivity index (χ2v) is 6.07. The standard InChI is InChI=1S/C15H12BrClO3/c16-9-2-4-14-10(6-9)13(19)7-15(20-14)8-1-3-12(18)11(17)5-8/h1-6,13,15,18-19H,7H2/t13-,15?/m1/s1. The Morgan fingerprint density at radius 3 is 2.75 bits per heavy atom. The number of hydrogen-bond donors (Lipinski definition) is 2. The van der Waals surface area contributed by atoms with Crippen LogP contribution < -0.4 is 4.74 Å². The van der Waals surface area contributed by atoms with E-state index in [1.807, 2.05) is 18.2 Å². The van der Waals surface area contributed by atoms with Gasteiger partial charge in [0.05, 0.1) is 11.1 Å². The summed E-state index contributed by atoms with van der Waals surface area (Å²) in [6.07, 6.45) is -0.421. The van der Waals surface area contributed by atoms with Crippen LogP contribution in [0.3, 0.4) is 0 Å². The molecule has 0 amide bonds. The van der Waals surface area contributed by atoms with Gasteiger partial charge in [-0.2, -0.15) is 0 Å². The number of benzene rings is 2. The lowest BCUT2D eigenvalue weighted by atomic mass is 9.95. The van der Waals surface area contributed by atoms with Crippen molar-refractivity contribution < 1.29 is 14.9 Å². The van der Waals surface area contributed by atoms with Crippen LogP contribution in [-0.4, -0.2) is 10.2 Å². The Morgan fingerprint density at radius 1 is 1.20 bits per heavy atom. The monoisotopic (exact) mass is 354 g/mol. The van der Waals surface area contributed by atoms with E-state index >= 15 is 0 Å². The van der Waals surface area contributed by atoms with Gasteiger partial charge in [-0.25, -0.2) is 0 Å². The van der Waals surface area contributed by atoms with Crippen LogP contribution >= 0.6 is 27.5 Å². The Balaban J connectivity index is 1.94. The first-order valence-corrected chi connectivity index (χ1v) is 7.34. The Bertz CT molecular complexity index is 660. The first kappa shape index (κ1) is 13.7. The van der Waals surface area contributed by atoms with Crippen LogP contribution in [0.5, 0.6) is 11.5 Å². The number of hydrogen-bond acceptors (Lipinski definition) is 3. The van der Waals surface area contributed by atoms with Crippen molar-refractivity contribution in [1.29, 1.82) is 0 Å². The van der Waals surface area contributed by atoms with Crippen LogP contribution in [0.15, 0.2) is 40.9 Å². The van der Waals surface area contributed by atoms with Crippen LogP contribution in [-0.2, 0) is 0 Å². The molecule has 1 unspecified atom stereocenters. The molecule has 0 spiro atoms. The lowest BCUT2D eigenvalue weighted by molar-refractivity contribution is 0.0657. The van der Waals surface area contributed by atoms with Crippen molar-refractivity contribution in [3.63, 3.8) is 0 Å². The molecule has 5 heteroatoms. The molecule has 0 radical (unpaired) electrons. The van der Waals surface area contributed by atoms with Gasteiger partial charge < -0.3 is 14.9 Å². The summed E-state index contributed by atoms with van der Waals surface area (Å²) < 4.78 is 6.82. The highest BCUT2D eigenvalue weighted by Gasteiger charge is 2.28. The van der Waals surface area contributed by atoms with E-state index in [0.29, 0.717) is 12.2 Å². The fourth-order valence-corrected chi connectivity index (χ4v) is 2.91. The van der Waals surface area contributed by atoms with Crippen molar-refractivity contribution in [2.24, 2.45) is 0 Å². The molecule has 0 saturated carbocycles. The van der Waals surface area contributed by atoms with Gasteiger partial charge in [0.1, 0.15) is 17.6 Å². The average molecular weight is 356 g/mol. The molecule has 3 nitrogen and oxygen atoms in total. The molecule has 2 aromatic rings. The van der Waals surface area contributed by atoms with Gasteiger partial charge in [-0.15, -0.1) is 0 Å². The van der Waals surface area contributed by atoms with E-state index in [9.17, 15) is 10.2 Å². The van der Waals surface area contributed by atoms with E-state index < -0.39 is 6.10 Å². The summed E-state index contributed by atoms with van der Waals surface area (Å²) >= 11 is 9.30. The highest BCUT2D eigenvalue weighted by molar-refractivity contribution is 9.10. The van der Waals surface area contributed by atoms with Gasteiger partial charge in [0.15, 0.2) is 0 Å². The van der Waals surface area contributed by atoms with Gasteiger partial charge in [-0.05, 0) is 35.9 Å². The van der Waals surface area contributed by atoms with E-state index in [0.717, 1.165) is 15.6 Å². The van der Waals surface area contributed by atoms with Crippen molar-refractivity contribution in [3.8, 4) is 11.5 Å². The van der Waals surface area contributed by atoms with Crippen molar-refractivity contribution in [2.45, 2.75) is 18.6 Å².